The quantitative estimate of drug-likeness (QED) is 0.710. The average Bonchev–Trinajstić information content (AvgIpc) is 3.08. The summed E-state index contributed by atoms with van der Waals surface area (Å²) in [4.78, 5) is 16.2. The van der Waals surface area contributed by atoms with Crippen LogP contribution in [0.2, 0.25) is 0 Å². The van der Waals surface area contributed by atoms with Crippen LogP contribution in [0.5, 0.6) is 0 Å². The van der Waals surface area contributed by atoms with Crippen molar-refractivity contribution in [2.75, 3.05) is 5.32 Å². The lowest BCUT2D eigenvalue weighted by molar-refractivity contribution is 0.0978. The highest BCUT2D eigenvalue weighted by molar-refractivity contribution is 7.80. The molecule has 6 heteroatoms. The molecule has 0 radical (unpaired) electrons. The number of rotatable bonds is 3. The molecular weight excluding hydrogens is 326 g/mol. The van der Waals surface area contributed by atoms with E-state index >= 15 is 0 Å². The summed E-state index contributed by atoms with van der Waals surface area (Å²) >= 11 is 6.52. The number of carbonyl (C=O) groups is 1. The third kappa shape index (κ3) is 4.00. The first-order valence-corrected chi connectivity index (χ1v) is 8.18. The second kappa shape index (κ2) is 7.13. The summed E-state index contributed by atoms with van der Waals surface area (Å²) < 4.78 is 0. The maximum absolute atomic E-state index is 12.2. The van der Waals surface area contributed by atoms with Gasteiger partial charge < -0.3 is 5.32 Å². The first-order chi connectivity index (χ1) is 11.2. The number of thiocarbonyl (C=S) groups is 1. The van der Waals surface area contributed by atoms with Crippen molar-refractivity contribution < 1.29 is 4.79 Å². The summed E-state index contributed by atoms with van der Waals surface area (Å²) in [7, 11) is 0. The molecule has 0 spiro atoms. The topological polar surface area (TPSA) is 54.0 Å². The zero-order valence-electron chi connectivity index (χ0n) is 12.0. The number of benzene rings is 2. The Morgan fingerprint density at radius 2 is 1.70 bits per heavy atom. The van der Waals surface area contributed by atoms with Crippen LogP contribution in [0.3, 0.4) is 0 Å². The van der Waals surface area contributed by atoms with E-state index < -0.39 is 0 Å². The monoisotopic (exact) mass is 339 g/mol. The van der Waals surface area contributed by atoms with Crippen molar-refractivity contribution >= 4 is 39.7 Å². The number of hydrogen-bond acceptors (Lipinski definition) is 4. The maximum atomic E-state index is 12.2. The molecule has 0 aliphatic heterocycles. The minimum atomic E-state index is -0.251. The zero-order chi connectivity index (χ0) is 16.1. The molecule has 0 atom stereocenters. The van der Waals surface area contributed by atoms with Gasteiger partial charge in [0.15, 0.2) is 10.2 Å². The molecular formula is C17H13N3OS2. The first kappa shape index (κ1) is 15.3. The molecule has 1 aromatic heterocycles. The number of aromatic nitrogens is 1. The molecule has 1 heterocycles. The molecule has 0 bridgehead atoms. The maximum Gasteiger partial charge on any atom is 0.257 e. The Kier molecular flexibility index (Phi) is 4.75. The average molecular weight is 339 g/mol. The molecule has 114 valence electrons. The predicted molar refractivity (Wildman–Crippen MR) is 97.7 cm³/mol. The largest absolute Gasteiger partial charge is 0.308 e. The second-order valence-corrected chi connectivity index (χ2v) is 5.99. The molecule has 0 fully saturated rings. The van der Waals surface area contributed by atoms with Crippen molar-refractivity contribution in [1.29, 1.82) is 0 Å². The van der Waals surface area contributed by atoms with Crippen LogP contribution in [0, 0.1) is 0 Å². The standard InChI is InChI=1S/C17H13N3OS2/c21-15(19-16(22)20-17-18-10-11-23-17)14-8-6-13(7-9-14)12-4-2-1-3-5-12/h1-11H,(H2,18,19,20,21,22). The van der Waals surface area contributed by atoms with E-state index in [0.29, 0.717) is 10.7 Å². The fourth-order valence-electron chi connectivity index (χ4n) is 2.03. The third-order valence-electron chi connectivity index (χ3n) is 3.13. The van der Waals surface area contributed by atoms with Crippen LogP contribution in [0.1, 0.15) is 10.4 Å². The molecule has 0 aliphatic rings. The Bertz CT molecular complexity index is 800. The van der Waals surface area contributed by atoms with Gasteiger partial charge in [0, 0.05) is 17.1 Å². The number of hydrogen-bond donors (Lipinski definition) is 2. The van der Waals surface area contributed by atoms with Crippen molar-refractivity contribution in [1.82, 2.24) is 10.3 Å². The Labute approximate surface area is 143 Å². The number of carbonyl (C=O) groups excluding carboxylic acids is 1. The number of anilines is 1. The first-order valence-electron chi connectivity index (χ1n) is 6.90. The lowest BCUT2D eigenvalue weighted by atomic mass is 10.0. The highest BCUT2D eigenvalue weighted by Crippen LogP contribution is 2.19. The van der Waals surface area contributed by atoms with Crippen LogP contribution in [0.15, 0.2) is 66.2 Å². The SMILES string of the molecule is O=C(NC(=S)Nc1nccs1)c1ccc(-c2ccccc2)cc1. The van der Waals surface area contributed by atoms with E-state index in [0.717, 1.165) is 11.1 Å². The Morgan fingerprint density at radius 3 is 2.35 bits per heavy atom. The fraction of sp³-hybridized carbons (Fsp3) is 0. The molecule has 4 nitrogen and oxygen atoms in total. The molecule has 0 aliphatic carbocycles. The van der Waals surface area contributed by atoms with Gasteiger partial charge in [-0.2, -0.15) is 0 Å². The highest BCUT2D eigenvalue weighted by Gasteiger charge is 2.09. The van der Waals surface area contributed by atoms with Gasteiger partial charge in [-0.25, -0.2) is 4.98 Å². The number of nitrogens with one attached hydrogen (secondary N) is 2. The Morgan fingerprint density at radius 1 is 1.00 bits per heavy atom. The van der Waals surface area contributed by atoms with Crippen LogP contribution >= 0.6 is 23.6 Å². The number of nitrogens with zero attached hydrogens (tertiary/aromatic N) is 1. The van der Waals surface area contributed by atoms with Gasteiger partial charge in [0.1, 0.15) is 0 Å². The molecule has 3 aromatic rings. The summed E-state index contributed by atoms with van der Waals surface area (Å²) in [6, 6.07) is 17.4. The van der Waals surface area contributed by atoms with Crippen LogP contribution < -0.4 is 10.6 Å². The van der Waals surface area contributed by atoms with Gasteiger partial charge in [0.2, 0.25) is 0 Å². The number of amides is 1. The normalized spacial score (nSPS) is 10.1. The molecule has 1 amide bonds. The summed E-state index contributed by atoms with van der Waals surface area (Å²) in [6.45, 7) is 0. The van der Waals surface area contributed by atoms with Gasteiger partial charge in [-0.15, -0.1) is 11.3 Å². The number of thiazole rings is 1. The van der Waals surface area contributed by atoms with Crippen LogP contribution in [0.25, 0.3) is 11.1 Å². The summed E-state index contributed by atoms with van der Waals surface area (Å²) in [5.41, 5.74) is 2.72. The van der Waals surface area contributed by atoms with Crippen LogP contribution in [-0.2, 0) is 0 Å². The molecule has 23 heavy (non-hydrogen) atoms. The molecule has 2 aromatic carbocycles. The minimum Gasteiger partial charge on any atom is -0.308 e. The van der Waals surface area contributed by atoms with Gasteiger partial charge in [-0.05, 0) is 35.5 Å². The second-order valence-electron chi connectivity index (χ2n) is 4.69. The summed E-state index contributed by atoms with van der Waals surface area (Å²) in [5, 5.41) is 8.22. The molecule has 0 saturated carbocycles. The van der Waals surface area contributed by atoms with Crippen molar-refractivity contribution in [3.63, 3.8) is 0 Å². The summed E-state index contributed by atoms with van der Waals surface area (Å²) in [6.07, 6.45) is 1.67. The van der Waals surface area contributed by atoms with E-state index in [-0.39, 0.29) is 11.0 Å². The van der Waals surface area contributed by atoms with Crippen LogP contribution in [0.4, 0.5) is 5.13 Å². The van der Waals surface area contributed by atoms with Crippen molar-refractivity contribution in [3.05, 3.63) is 71.7 Å². The van der Waals surface area contributed by atoms with Crippen LogP contribution in [-0.4, -0.2) is 16.0 Å². The van der Waals surface area contributed by atoms with Gasteiger partial charge in [0.05, 0.1) is 0 Å². The van der Waals surface area contributed by atoms with E-state index in [1.807, 2.05) is 47.8 Å². The van der Waals surface area contributed by atoms with Gasteiger partial charge in [-0.3, -0.25) is 10.1 Å². The third-order valence-corrected chi connectivity index (χ3v) is 4.03. The van der Waals surface area contributed by atoms with E-state index in [2.05, 4.69) is 15.6 Å². The Balaban J connectivity index is 1.65. The van der Waals surface area contributed by atoms with Gasteiger partial charge >= 0.3 is 0 Å². The predicted octanol–water partition coefficient (Wildman–Crippen LogP) is 3.94. The zero-order valence-corrected chi connectivity index (χ0v) is 13.7. The van der Waals surface area contributed by atoms with E-state index in [1.54, 1.807) is 18.3 Å². The fourth-order valence-corrected chi connectivity index (χ4v) is 2.82. The lowest BCUT2D eigenvalue weighted by Crippen LogP contribution is -2.34. The van der Waals surface area contributed by atoms with Crippen molar-refractivity contribution in [3.8, 4) is 11.1 Å². The Hall–Kier alpha value is -2.57. The van der Waals surface area contributed by atoms with Crippen molar-refractivity contribution in [2.24, 2.45) is 0 Å². The molecule has 0 saturated heterocycles. The van der Waals surface area contributed by atoms with E-state index in [4.69, 9.17) is 12.2 Å². The molecule has 3 rings (SSSR count). The molecule has 0 unspecified atom stereocenters. The van der Waals surface area contributed by atoms with Gasteiger partial charge in [-0.1, -0.05) is 42.5 Å². The van der Waals surface area contributed by atoms with E-state index in [1.165, 1.54) is 11.3 Å². The lowest BCUT2D eigenvalue weighted by Gasteiger charge is -2.08. The molecule has 2 N–H and O–H groups in total. The smallest absolute Gasteiger partial charge is 0.257 e. The summed E-state index contributed by atoms with van der Waals surface area (Å²) in [5.74, 6) is -0.251. The van der Waals surface area contributed by atoms with E-state index in [9.17, 15) is 4.79 Å². The van der Waals surface area contributed by atoms with Gasteiger partial charge in [0.25, 0.3) is 5.91 Å². The van der Waals surface area contributed by atoms with Crippen molar-refractivity contribution in [2.45, 2.75) is 0 Å². The minimum absolute atomic E-state index is 0.233. The highest BCUT2D eigenvalue weighted by atomic mass is 32.1.